The summed E-state index contributed by atoms with van der Waals surface area (Å²) in [5.74, 6) is -1.26. The van der Waals surface area contributed by atoms with E-state index in [2.05, 4.69) is 10.6 Å². The third kappa shape index (κ3) is 4.27. The van der Waals surface area contributed by atoms with Gasteiger partial charge >= 0.3 is 12.0 Å². The Bertz CT molecular complexity index is 511. The van der Waals surface area contributed by atoms with Gasteiger partial charge in [0.1, 0.15) is 6.04 Å². The number of rotatable bonds is 4. The molecule has 0 bridgehead atoms. The lowest BCUT2D eigenvalue weighted by Gasteiger charge is -2.18. The van der Waals surface area contributed by atoms with Crippen molar-refractivity contribution >= 4 is 23.6 Å². The van der Waals surface area contributed by atoms with Crippen molar-refractivity contribution in [1.29, 1.82) is 0 Å². The minimum absolute atomic E-state index is 0.132. The number of aromatic carboxylic acids is 1. The summed E-state index contributed by atoms with van der Waals surface area (Å²) in [5, 5.41) is 13.8. The summed E-state index contributed by atoms with van der Waals surface area (Å²) in [4.78, 5) is 35.3. The smallest absolute Gasteiger partial charge is 0.335 e. The van der Waals surface area contributed by atoms with Crippen molar-refractivity contribution in [2.75, 3.05) is 19.4 Å². The number of anilines is 1. The molecule has 1 aromatic carbocycles. The number of amides is 3. The molecule has 3 amide bonds. The van der Waals surface area contributed by atoms with E-state index in [1.807, 2.05) is 0 Å². The predicted octanol–water partition coefficient (Wildman–Crippen LogP) is 0.983. The summed E-state index contributed by atoms with van der Waals surface area (Å²) in [7, 11) is 3.20. The molecule has 1 unspecified atom stereocenters. The van der Waals surface area contributed by atoms with E-state index in [1.54, 1.807) is 21.0 Å². The molecule has 3 N–H and O–H groups in total. The lowest BCUT2D eigenvalue weighted by Crippen LogP contribution is -2.45. The summed E-state index contributed by atoms with van der Waals surface area (Å²) in [6.07, 6.45) is 0. The lowest BCUT2D eigenvalue weighted by molar-refractivity contribution is -0.130. The van der Waals surface area contributed by atoms with Crippen LogP contribution in [0.5, 0.6) is 0 Å². The molecular weight excluding hydrogens is 262 g/mol. The van der Waals surface area contributed by atoms with E-state index in [1.165, 1.54) is 29.2 Å². The number of likely N-dealkylation sites (N-methyl/N-ethyl adjacent to an activating group) is 1. The second kappa shape index (κ2) is 6.55. The molecule has 1 rings (SSSR count). The van der Waals surface area contributed by atoms with Gasteiger partial charge in [-0.2, -0.15) is 0 Å². The van der Waals surface area contributed by atoms with Gasteiger partial charge in [0.15, 0.2) is 0 Å². The fraction of sp³-hybridized carbons (Fsp3) is 0.308. The molecule has 0 spiro atoms. The molecule has 7 heteroatoms. The third-order valence-electron chi connectivity index (χ3n) is 2.55. The van der Waals surface area contributed by atoms with Crippen LogP contribution in [0.2, 0.25) is 0 Å². The first-order valence-corrected chi connectivity index (χ1v) is 5.93. The minimum Gasteiger partial charge on any atom is -0.478 e. The van der Waals surface area contributed by atoms with E-state index >= 15 is 0 Å². The average Bonchev–Trinajstić information content (AvgIpc) is 2.37. The number of benzene rings is 1. The van der Waals surface area contributed by atoms with Crippen molar-refractivity contribution in [3.63, 3.8) is 0 Å². The van der Waals surface area contributed by atoms with Gasteiger partial charge in [-0.1, -0.05) is 0 Å². The Morgan fingerprint density at radius 1 is 1.15 bits per heavy atom. The molecule has 0 fully saturated rings. The number of nitrogens with one attached hydrogen (secondary N) is 2. The molecule has 0 heterocycles. The fourth-order valence-corrected chi connectivity index (χ4v) is 1.51. The first-order valence-electron chi connectivity index (χ1n) is 5.93. The predicted molar refractivity (Wildman–Crippen MR) is 73.7 cm³/mol. The summed E-state index contributed by atoms with van der Waals surface area (Å²) in [5.41, 5.74) is 0.573. The molecule has 108 valence electrons. The standard InChI is InChI=1S/C13H17N3O4/c1-8(11(17)16(2)3)14-13(20)15-10-6-4-9(5-7-10)12(18)19/h4-8H,1-3H3,(H,18,19)(H2,14,15,20). The van der Waals surface area contributed by atoms with Crippen molar-refractivity contribution in [1.82, 2.24) is 10.2 Å². The molecule has 0 aliphatic carbocycles. The van der Waals surface area contributed by atoms with Crippen LogP contribution in [0.3, 0.4) is 0 Å². The molecule has 7 nitrogen and oxygen atoms in total. The first-order chi connectivity index (χ1) is 9.31. The highest BCUT2D eigenvalue weighted by Gasteiger charge is 2.17. The monoisotopic (exact) mass is 279 g/mol. The molecule has 0 saturated heterocycles. The van der Waals surface area contributed by atoms with Crippen molar-refractivity contribution in [3.8, 4) is 0 Å². The summed E-state index contributed by atoms with van der Waals surface area (Å²) >= 11 is 0. The minimum atomic E-state index is -1.04. The Morgan fingerprint density at radius 3 is 2.15 bits per heavy atom. The zero-order chi connectivity index (χ0) is 15.3. The Hall–Kier alpha value is -2.57. The van der Waals surface area contributed by atoms with Gasteiger partial charge in [-0.15, -0.1) is 0 Å². The van der Waals surface area contributed by atoms with E-state index in [0.717, 1.165) is 0 Å². The van der Waals surface area contributed by atoms with Crippen molar-refractivity contribution in [2.24, 2.45) is 0 Å². The Labute approximate surface area is 116 Å². The van der Waals surface area contributed by atoms with Gasteiger partial charge in [-0.25, -0.2) is 9.59 Å². The van der Waals surface area contributed by atoms with Crippen LogP contribution in [0, 0.1) is 0 Å². The van der Waals surface area contributed by atoms with E-state index in [9.17, 15) is 14.4 Å². The van der Waals surface area contributed by atoms with Crippen molar-refractivity contribution in [3.05, 3.63) is 29.8 Å². The van der Waals surface area contributed by atoms with E-state index in [0.29, 0.717) is 5.69 Å². The quantitative estimate of drug-likeness (QED) is 0.765. The zero-order valence-corrected chi connectivity index (χ0v) is 11.5. The van der Waals surface area contributed by atoms with Crippen LogP contribution >= 0.6 is 0 Å². The topological polar surface area (TPSA) is 98.7 Å². The number of nitrogens with zero attached hydrogens (tertiary/aromatic N) is 1. The van der Waals surface area contributed by atoms with Gasteiger partial charge in [0, 0.05) is 19.8 Å². The van der Waals surface area contributed by atoms with Gasteiger partial charge in [0.2, 0.25) is 5.91 Å². The molecule has 1 aromatic rings. The van der Waals surface area contributed by atoms with Crippen LogP contribution < -0.4 is 10.6 Å². The summed E-state index contributed by atoms with van der Waals surface area (Å²) in [6.45, 7) is 1.58. The zero-order valence-electron chi connectivity index (χ0n) is 11.5. The highest BCUT2D eigenvalue weighted by molar-refractivity contribution is 5.94. The number of carbonyl (C=O) groups excluding carboxylic acids is 2. The van der Waals surface area contributed by atoms with Gasteiger partial charge in [0.05, 0.1) is 5.56 Å². The normalized spacial score (nSPS) is 11.3. The molecule has 1 atom stereocenters. The number of carboxylic acids is 1. The maximum Gasteiger partial charge on any atom is 0.335 e. The van der Waals surface area contributed by atoms with E-state index < -0.39 is 18.0 Å². The average molecular weight is 279 g/mol. The lowest BCUT2D eigenvalue weighted by atomic mass is 10.2. The fourth-order valence-electron chi connectivity index (χ4n) is 1.51. The molecule has 0 aromatic heterocycles. The Kier molecular flexibility index (Phi) is 5.08. The maximum absolute atomic E-state index is 11.7. The maximum atomic E-state index is 11.7. The second-order valence-corrected chi connectivity index (χ2v) is 4.44. The molecule has 0 saturated carbocycles. The second-order valence-electron chi connectivity index (χ2n) is 4.44. The van der Waals surface area contributed by atoms with Crippen LogP contribution in [0.4, 0.5) is 10.5 Å². The van der Waals surface area contributed by atoms with Gasteiger partial charge in [-0.05, 0) is 31.2 Å². The Balaban J connectivity index is 2.58. The van der Waals surface area contributed by atoms with Gasteiger partial charge in [-0.3, -0.25) is 4.79 Å². The first kappa shape index (κ1) is 15.5. The van der Waals surface area contributed by atoms with Crippen molar-refractivity contribution < 1.29 is 19.5 Å². The summed E-state index contributed by atoms with van der Waals surface area (Å²) in [6, 6.07) is 4.53. The van der Waals surface area contributed by atoms with Gasteiger partial charge < -0.3 is 20.6 Å². The van der Waals surface area contributed by atoms with E-state index in [4.69, 9.17) is 5.11 Å². The molecular formula is C13H17N3O4. The summed E-state index contributed by atoms with van der Waals surface area (Å²) < 4.78 is 0. The number of carboxylic acid groups (broad SMARTS) is 1. The van der Waals surface area contributed by atoms with Crippen LogP contribution in [0.1, 0.15) is 17.3 Å². The Morgan fingerprint density at radius 2 is 1.70 bits per heavy atom. The third-order valence-corrected chi connectivity index (χ3v) is 2.55. The number of hydrogen-bond acceptors (Lipinski definition) is 3. The largest absolute Gasteiger partial charge is 0.478 e. The van der Waals surface area contributed by atoms with Crippen molar-refractivity contribution in [2.45, 2.75) is 13.0 Å². The van der Waals surface area contributed by atoms with Gasteiger partial charge in [0.25, 0.3) is 0 Å². The highest BCUT2D eigenvalue weighted by atomic mass is 16.4. The molecule has 20 heavy (non-hydrogen) atoms. The molecule has 0 aliphatic rings. The van der Waals surface area contributed by atoms with Crippen LogP contribution in [-0.4, -0.2) is 48.1 Å². The number of carbonyl (C=O) groups is 3. The van der Waals surface area contributed by atoms with E-state index in [-0.39, 0.29) is 11.5 Å². The highest BCUT2D eigenvalue weighted by Crippen LogP contribution is 2.09. The molecule has 0 radical (unpaired) electrons. The molecule has 0 aliphatic heterocycles. The van der Waals surface area contributed by atoms with Crippen LogP contribution in [0.15, 0.2) is 24.3 Å². The number of urea groups is 1. The SMILES string of the molecule is CC(NC(=O)Nc1ccc(C(=O)O)cc1)C(=O)N(C)C. The van der Waals surface area contributed by atoms with Crippen LogP contribution in [0.25, 0.3) is 0 Å². The van der Waals surface area contributed by atoms with Crippen LogP contribution in [-0.2, 0) is 4.79 Å². The number of hydrogen-bond donors (Lipinski definition) is 3.